The highest BCUT2D eigenvalue weighted by Gasteiger charge is 2.07. The van der Waals surface area contributed by atoms with Gasteiger partial charge in [-0.15, -0.1) is 0 Å². The van der Waals surface area contributed by atoms with E-state index in [1.54, 1.807) is 18.2 Å². The van der Waals surface area contributed by atoms with Crippen LogP contribution >= 0.6 is 23.8 Å². The lowest BCUT2D eigenvalue weighted by molar-refractivity contribution is -0.116. The molecule has 0 aliphatic rings. The first-order valence-corrected chi connectivity index (χ1v) is 8.43. The Morgan fingerprint density at radius 1 is 1.15 bits per heavy atom. The Balaban J connectivity index is 1.91. The third-order valence-electron chi connectivity index (χ3n) is 3.33. The molecule has 0 aliphatic heterocycles. The minimum absolute atomic E-state index is 0.126. The van der Waals surface area contributed by atoms with Gasteiger partial charge in [-0.05, 0) is 42.6 Å². The summed E-state index contributed by atoms with van der Waals surface area (Å²) < 4.78 is 24.0. The van der Waals surface area contributed by atoms with Gasteiger partial charge in [-0.1, -0.05) is 17.7 Å². The Kier molecular flexibility index (Phi) is 7.39. The van der Waals surface area contributed by atoms with Crippen molar-refractivity contribution in [1.82, 2.24) is 10.9 Å². The molecule has 6 nitrogen and oxygen atoms in total. The Hall–Kier alpha value is -2.84. The van der Waals surface area contributed by atoms with E-state index in [9.17, 15) is 9.18 Å². The number of anilines is 1. The molecule has 0 saturated heterocycles. The Bertz CT molecular complexity index is 877. The predicted octanol–water partition coefficient (Wildman–Crippen LogP) is 3.53. The van der Waals surface area contributed by atoms with Gasteiger partial charge in [0.1, 0.15) is 17.3 Å². The number of thiocarbonyl (C=S) groups is 1. The summed E-state index contributed by atoms with van der Waals surface area (Å²) >= 11 is 10.8. The summed E-state index contributed by atoms with van der Waals surface area (Å²) in [5, 5.41) is 3.29. The van der Waals surface area contributed by atoms with E-state index in [0.717, 1.165) is 12.1 Å². The Labute approximate surface area is 166 Å². The topological polar surface area (TPSA) is 71.6 Å². The van der Waals surface area contributed by atoms with Crippen LogP contribution in [0.1, 0.15) is 5.56 Å². The number of benzene rings is 2. The van der Waals surface area contributed by atoms with Gasteiger partial charge in [0.25, 0.3) is 5.91 Å². The average Bonchev–Trinajstić information content (AvgIpc) is 2.65. The zero-order valence-electron chi connectivity index (χ0n) is 14.5. The van der Waals surface area contributed by atoms with Gasteiger partial charge in [-0.2, -0.15) is 0 Å². The van der Waals surface area contributed by atoms with Gasteiger partial charge in [0, 0.05) is 22.7 Å². The van der Waals surface area contributed by atoms with Crippen LogP contribution in [-0.4, -0.2) is 25.2 Å². The summed E-state index contributed by atoms with van der Waals surface area (Å²) in [5.41, 5.74) is 5.70. The molecule has 0 unspecified atom stereocenters. The van der Waals surface area contributed by atoms with Crippen molar-refractivity contribution in [3.8, 4) is 11.5 Å². The quantitative estimate of drug-likeness (QED) is 0.398. The van der Waals surface area contributed by atoms with Crippen LogP contribution in [0.25, 0.3) is 6.08 Å². The number of amides is 1. The minimum atomic E-state index is -0.526. The second-order valence-corrected chi connectivity index (χ2v) is 5.98. The first kappa shape index (κ1) is 20.5. The molecule has 0 spiro atoms. The number of nitrogens with one attached hydrogen (secondary N) is 3. The highest BCUT2D eigenvalue weighted by molar-refractivity contribution is 7.80. The van der Waals surface area contributed by atoms with Crippen molar-refractivity contribution >= 4 is 46.6 Å². The lowest BCUT2D eigenvalue weighted by Crippen LogP contribution is -2.43. The van der Waals surface area contributed by atoms with E-state index < -0.39 is 11.7 Å². The molecular formula is C18H17ClFN3O3S. The van der Waals surface area contributed by atoms with Crippen LogP contribution in [0, 0.1) is 5.82 Å². The van der Waals surface area contributed by atoms with Crippen LogP contribution < -0.4 is 25.6 Å². The van der Waals surface area contributed by atoms with Crippen molar-refractivity contribution in [1.29, 1.82) is 0 Å². The number of carbonyl (C=O) groups excluding carboxylic acids is 1. The molecule has 0 radical (unpaired) electrons. The van der Waals surface area contributed by atoms with Crippen LogP contribution in [0.2, 0.25) is 5.02 Å². The molecule has 27 heavy (non-hydrogen) atoms. The van der Waals surface area contributed by atoms with E-state index >= 15 is 0 Å². The normalized spacial score (nSPS) is 10.4. The van der Waals surface area contributed by atoms with Gasteiger partial charge in [-0.3, -0.25) is 15.6 Å². The van der Waals surface area contributed by atoms with Gasteiger partial charge in [0.05, 0.1) is 19.9 Å². The second-order valence-electron chi connectivity index (χ2n) is 5.13. The van der Waals surface area contributed by atoms with Crippen molar-refractivity contribution in [2.45, 2.75) is 0 Å². The molecule has 2 aromatic rings. The van der Waals surface area contributed by atoms with Crippen molar-refractivity contribution < 1.29 is 18.7 Å². The lowest BCUT2D eigenvalue weighted by Gasteiger charge is -2.14. The molecule has 0 fully saturated rings. The molecule has 2 rings (SSSR count). The smallest absolute Gasteiger partial charge is 0.262 e. The molecule has 142 valence electrons. The van der Waals surface area contributed by atoms with Gasteiger partial charge in [-0.25, -0.2) is 4.39 Å². The number of carbonyl (C=O) groups is 1. The highest BCUT2D eigenvalue weighted by Crippen LogP contribution is 2.28. The van der Waals surface area contributed by atoms with E-state index in [-0.39, 0.29) is 15.7 Å². The highest BCUT2D eigenvalue weighted by atomic mass is 35.5. The Morgan fingerprint density at radius 2 is 1.93 bits per heavy atom. The molecule has 0 saturated carbocycles. The van der Waals surface area contributed by atoms with Crippen LogP contribution in [0.4, 0.5) is 10.1 Å². The lowest BCUT2D eigenvalue weighted by atomic mass is 10.2. The molecule has 0 aromatic heterocycles. The summed E-state index contributed by atoms with van der Waals surface area (Å²) in [6, 6.07) is 9.31. The van der Waals surface area contributed by atoms with Gasteiger partial charge in [0.2, 0.25) is 0 Å². The zero-order chi connectivity index (χ0) is 19.8. The number of hydrazine groups is 1. The summed E-state index contributed by atoms with van der Waals surface area (Å²) in [6.07, 6.45) is 2.48. The predicted molar refractivity (Wildman–Crippen MR) is 107 cm³/mol. The fourth-order valence-electron chi connectivity index (χ4n) is 2.03. The second kappa shape index (κ2) is 9.75. The first-order chi connectivity index (χ1) is 12.9. The van der Waals surface area contributed by atoms with Crippen LogP contribution in [0.5, 0.6) is 11.5 Å². The average molecular weight is 410 g/mol. The maximum Gasteiger partial charge on any atom is 0.262 e. The van der Waals surface area contributed by atoms with E-state index in [2.05, 4.69) is 16.2 Å². The van der Waals surface area contributed by atoms with Crippen molar-refractivity contribution in [2.24, 2.45) is 0 Å². The van der Waals surface area contributed by atoms with Crippen molar-refractivity contribution in [3.05, 3.63) is 58.9 Å². The van der Waals surface area contributed by atoms with E-state index in [1.165, 1.54) is 32.4 Å². The van der Waals surface area contributed by atoms with Crippen molar-refractivity contribution in [3.63, 3.8) is 0 Å². The standard InChI is InChI=1S/C18H17ClFN3O3S/c1-25-13-6-7-16(26-2)15(10-13)21-18(27)23-22-17(24)8-4-11-3-5-12(19)9-14(11)20/h3-10H,1-2H3,(H,22,24)(H2,21,23,27)/b8-4+. The maximum absolute atomic E-state index is 13.7. The molecule has 1 amide bonds. The SMILES string of the molecule is COc1ccc(OC)c(NC(=S)NNC(=O)/C=C/c2ccc(Cl)cc2F)c1. The summed E-state index contributed by atoms with van der Waals surface area (Å²) in [6.45, 7) is 0. The van der Waals surface area contributed by atoms with Gasteiger partial charge >= 0.3 is 0 Å². The van der Waals surface area contributed by atoms with Crippen molar-refractivity contribution in [2.75, 3.05) is 19.5 Å². The monoisotopic (exact) mass is 409 g/mol. The first-order valence-electron chi connectivity index (χ1n) is 7.65. The van der Waals surface area contributed by atoms with E-state index in [0.29, 0.717) is 17.2 Å². The third kappa shape index (κ3) is 6.12. The number of halogens is 2. The molecule has 3 N–H and O–H groups in total. The minimum Gasteiger partial charge on any atom is -0.497 e. The molecule has 2 aromatic carbocycles. The van der Waals surface area contributed by atoms with Crippen LogP contribution in [0.15, 0.2) is 42.5 Å². The molecule has 0 heterocycles. The van der Waals surface area contributed by atoms with Gasteiger partial charge in [0.15, 0.2) is 5.11 Å². The number of hydrogen-bond donors (Lipinski definition) is 3. The van der Waals surface area contributed by atoms with E-state index in [1.807, 2.05) is 0 Å². The fraction of sp³-hybridized carbons (Fsp3) is 0.111. The van der Waals surface area contributed by atoms with Crippen LogP contribution in [0.3, 0.4) is 0 Å². The number of ether oxygens (including phenoxy) is 2. The molecule has 0 aliphatic carbocycles. The summed E-state index contributed by atoms with van der Waals surface area (Å²) in [7, 11) is 3.06. The van der Waals surface area contributed by atoms with Gasteiger partial charge < -0.3 is 14.8 Å². The third-order valence-corrected chi connectivity index (χ3v) is 3.77. The molecule has 9 heteroatoms. The Morgan fingerprint density at radius 3 is 2.59 bits per heavy atom. The zero-order valence-corrected chi connectivity index (χ0v) is 16.1. The number of methoxy groups -OCH3 is 2. The molecular weight excluding hydrogens is 393 g/mol. The van der Waals surface area contributed by atoms with E-state index in [4.69, 9.17) is 33.3 Å². The number of rotatable bonds is 5. The van der Waals surface area contributed by atoms with Crippen LogP contribution in [-0.2, 0) is 4.79 Å². The summed E-state index contributed by atoms with van der Waals surface area (Å²) in [5.74, 6) is 0.107. The fourth-order valence-corrected chi connectivity index (χ4v) is 2.35. The molecule has 0 bridgehead atoms. The molecule has 0 atom stereocenters. The number of hydrogen-bond acceptors (Lipinski definition) is 4. The largest absolute Gasteiger partial charge is 0.497 e. The summed E-state index contributed by atoms with van der Waals surface area (Å²) in [4.78, 5) is 11.8. The maximum atomic E-state index is 13.7.